The van der Waals surface area contributed by atoms with Crippen molar-refractivity contribution in [3.8, 4) is 0 Å². The van der Waals surface area contributed by atoms with Gasteiger partial charge in [-0.25, -0.2) is 0 Å². The van der Waals surface area contributed by atoms with Gasteiger partial charge < -0.3 is 37.9 Å². The van der Waals surface area contributed by atoms with Gasteiger partial charge in [0.25, 0.3) is 23.6 Å². The van der Waals surface area contributed by atoms with E-state index in [1.807, 2.05) is 6.92 Å². The normalized spacial score (nSPS) is 20.2. The van der Waals surface area contributed by atoms with Gasteiger partial charge in [0.05, 0.1) is 116 Å². The average Bonchev–Trinajstić information content (AvgIpc) is 1.35. The van der Waals surface area contributed by atoms with Crippen LogP contribution in [0.2, 0.25) is 0 Å². The summed E-state index contributed by atoms with van der Waals surface area (Å²) >= 11 is 0. The monoisotopic (exact) mass is 1530 g/mol. The van der Waals surface area contributed by atoms with Crippen LogP contribution in [0.15, 0.2) is 24.3 Å². The smallest absolute Gasteiger partial charge is 0.322 e. The highest BCUT2D eigenvalue weighted by atomic mass is 16.6. The quantitative estimate of drug-likeness (QED) is 0.0134. The van der Waals surface area contributed by atoms with E-state index in [-0.39, 0.29) is 169 Å². The summed E-state index contributed by atoms with van der Waals surface area (Å²) in [6, 6.07) is 6.13. The molecule has 2 heterocycles. The molecule has 0 N–H and O–H groups in total. The van der Waals surface area contributed by atoms with Crippen LogP contribution in [0.1, 0.15) is 96.8 Å². The van der Waals surface area contributed by atoms with Crippen molar-refractivity contribution in [2.75, 3.05) is 106 Å². The maximum absolute atomic E-state index is 17.7. The highest BCUT2D eigenvalue weighted by molar-refractivity contribution is 6.83. The van der Waals surface area contributed by atoms with E-state index in [1.165, 1.54) is 337 Å². The van der Waals surface area contributed by atoms with Crippen LogP contribution in [0.5, 0.6) is 0 Å². The third-order valence-corrected chi connectivity index (χ3v) is 33.5. The first-order chi connectivity index (χ1) is 58.1. The molecule has 4 amide bonds. The first kappa shape index (κ1) is 58.3. The van der Waals surface area contributed by atoms with Crippen LogP contribution in [0, 0.1) is 5.41 Å². The summed E-state index contributed by atoms with van der Waals surface area (Å²) in [6.45, 7) is 5.71. The molecule has 30 aromatic carbocycles. The Labute approximate surface area is 654 Å². The van der Waals surface area contributed by atoms with Gasteiger partial charge in [-0.1, -0.05) is 0 Å². The summed E-state index contributed by atoms with van der Waals surface area (Å²) in [5, 5.41) is 78.2. The Kier molecular flexibility index (Phi) is 8.28. The first-order valence-electron chi connectivity index (χ1n) is 42.0. The molecule has 118 heavy (non-hydrogen) atoms. The average molecular weight is 1530 g/mol. The number of imide groups is 2. The lowest BCUT2D eigenvalue weighted by Crippen LogP contribution is -2.45. The van der Waals surface area contributed by atoms with Gasteiger partial charge in [0.15, 0.2) is 11.2 Å². The Morgan fingerprint density at radius 1 is 0.263 bits per heavy atom. The van der Waals surface area contributed by atoms with Gasteiger partial charge in [0, 0.05) is 45.9 Å². The van der Waals surface area contributed by atoms with E-state index < -0.39 is 51.8 Å². The number of amides is 4. The molecule has 2 aliphatic heterocycles. The molecule has 18 nitrogen and oxygen atoms in total. The van der Waals surface area contributed by atoms with Crippen molar-refractivity contribution in [3.63, 3.8) is 0 Å². The lowest BCUT2D eigenvalue weighted by molar-refractivity contribution is -0.155. The van der Waals surface area contributed by atoms with Crippen LogP contribution in [-0.4, -0.2) is 163 Å². The molecule has 554 valence electrons. The molecule has 0 aromatic heterocycles. The highest BCUT2D eigenvalue weighted by Crippen LogP contribution is 2.97. The minimum atomic E-state index is -1.69. The summed E-state index contributed by atoms with van der Waals surface area (Å²) in [5.74, 6) is -3.58. The van der Waals surface area contributed by atoms with Crippen molar-refractivity contribution in [1.82, 2.24) is 9.80 Å². The zero-order valence-corrected chi connectivity index (χ0v) is 62.7. The number of esters is 2. The Balaban J connectivity index is 0.419. The molecule has 2 spiro atoms. The van der Waals surface area contributed by atoms with Gasteiger partial charge in [-0.3, -0.25) is 48.2 Å². The Hall–Kier alpha value is -12.5. The van der Waals surface area contributed by atoms with Crippen LogP contribution >= 0.6 is 0 Å². The molecule has 0 unspecified atom stereocenters. The minimum absolute atomic E-state index is 0.0105. The van der Waals surface area contributed by atoms with Gasteiger partial charge >= 0.3 is 11.9 Å². The lowest BCUT2D eigenvalue weighted by atomic mass is 9.68. The van der Waals surface area contributed by atoms with Crippen molar-refractivity contribution in [2.24, 2.45) is 5.41 Å². The van der Waals surface area contributed by atoms with Crippen molar-refractivity contribution in [2.45, 2.75) is 43.9 Å². The Morgan fingerprint density at radius 2 is 0.475 bits per heavy atom. The predicted molar refractivity (Wildman–Crippen MR) is 453 cm³/mol. The molecule has 0 atom stereocenters. The van der Waals surface area contributed by atoms with Crippen LogP contribution in [0.25, 0.3) is 302 Å². The van der Waals surface area contributed by atoms with E-state index in [2.05, 4.69) is 0 Å². The van der Waals surface area contributed by atoms with E-state index in [1.54, 1.807) is 6.92 Å². The molecule has 18 heteroatoms. The fourth-order valence-electron chi connectivity index (χ4n) is 31.4. The number of benzene rings is 20. The van der Waals surface area contributed by atoms with Gasteiger partial charge in [-0.05, 0) is 351 Å². The number of nitrogens with zero attached hydrogens (tertiary/aromatic N) is 2. The number of hydrogen-bond acceptors (Lipinski definition) is 16. The highest BCUT2D eigenvalue weighted by Gasteiger charge is 3.00. The Bertz CT molecular complexity index is 9010. The van der Waals surface area contributed by atoms with Crippen LogP contribution in [0.3, 0.4) is 0 Å². The summed E-state index contributed by atoms with van der Waals surface area (Å²) in [6.07, 6.45) is -0.207. The molecule has 1 saturated carbocycles. The van der Waals surface area contributed by atoms with E-state index in [0.29, 0.717) is 0 Å². The van der Waals surface area contributed by atoms with Gasteiger partial charge in [0.1, 0.15) is 12.2 Å². The molecule has 5 aliphatic carbocycles. The second-order valence-corrected chi connectivity index (χ2v) is 36.4. The zero-order valence-electron chi connectivity index (χ0n) is 62.7. The van der Waals surface area contributed by atoms with E-state index >= 15 is 9.59 Å². The number of carbonyl (C=O) groups excluding carboxylic acids is 8. The molecule has 1 fully saturated rings. The number of Topliss-reactive ketones (excluding diaryl/α,β-unsaturated/α-hetero) is 2. The van der Waals surface area contributed by atoms with Crippen molar-refractivity contribution < 1.29 is 76.3 Å². The number of hydrogen-bond donors (Lipinski definition) is 0. The maximum Gasteiger partial charge on any atom is 0.322 e. The third-order valence-electron chi connectivity index (χ3n) is 33.5. The summed E-state index contributed by atoms with van der Waals surface area (Å²) in [5.41, 5.74) is 1.83. The maximum atomic E-state index is 17.7. The number of rotatable bonds is 30. The largest absolute Gasteiger partial charge is 0.466 e. The van der Waals surface area contributed by atoms with Crippen LogP contribution in [0.4, 0.5) is 0 Å². The van der Waals surface area contributed by atoms with E-state index in [0.717, 1.165) is 9.80 Å². The SMILES string of the molecule is CCOC(=O)CC(=O)CCOCCOCCOCCN1C(=O)c2ccc3c4c(ccc(c24)C1=O)C(=O)N(CCOCCOCCOCCC(=O)C1(C(=O)OCC)C24c5c6c7c8c9c%10c(c%11c%12c2c2c5c5c%13c6c6c7c7c9c9c%14c%10c%10c%11c%11c%12c%12c2c2c5c5c%13c%13c6c6c7c9c7c9c%14c%10c%10c%11c%11c%12c2c2c5c5c%13c6c7c6c9c%10c%11c2c56)C814)C3=O. The molecular weight excluding hydrogens is 1490 g/mol. The topological polar surface area (TPSA) is 217 Å². The molecule has 0 bridgehead atoms. The van der Waals surface area contributed by atoms with Crippen LogP contribution < -0.4 is 0 Å². The van der Waals surface area contributed by atoms with E-state index in [4.69, 9.17) is 37.9 Å². The lowest BCUT2D eigenvalue weighted by Gasteiger charge is -2.32. The fourth-order valence-corrected chi connectivity index (χ4v) is 31.4. The molecule has 7 aliphatic rings. The summed E-state index contributed by atoms with van der Waals surface area (Å²) < 4.78 is 47.1. The summed E-state index contributed by atoms with van der Waals surface area (Å²) in [7, 11) is 0. The molecule has 0 radical (unpaired) electrons. The van der Waals surface area contributed by atoms with Gasteiger partial charge in [-0.15, -0.1) is 0 Å². The number of carbonyl (C=O) groups is 8. The van der Waals surface area contributed by atoms with Crippen molar-refractivity contribution in [3.05, 3.63) is 68.8 Å². The third kappa shape index (κ3) is 4.55. The minimum Gasteiger partial charge on any atom is -0.466 e. The molecular formula is C100H48N2O16. The van der Waals surface area contributed by atoms with Gasteiger partial charge in [-0.2, -0.15) is 0 Å². The fraction of sp³-hybridized carbons (Fsp3) is 0.240. The summed E-state index contributed by atoms with van der Waals surface area (Å²) in [4.78, 5) is 117. The van der Waals surface area contributed by atoms with E-state index in [9.17, 15) is 28.8 Å². The molecule has 30 aromatic rings. The standard InChI is InChI=1S/C100H48N2O16/c1-3-117-32(105)25-26(103)9-13-111-17-21-115-23-19-113-15-11-101-93(106)27-5-7-29-34-30(8-6-28(33(27)34)94(101)107)96(109)102(95(29)108)12-16-114-20-24-116-22-18-112-14-10-31(104)98(97(110)118-4-2)99-89-81-73-63-53-45-37-35-36-39-43-41(37)49-57-51(43)61-55-47(39)48-40(36)44-42-38(35)46(45)54-60-50(42)58-52(44)62-56(48)66-65(55)75-69(61)79-71(57)77(67(73)59(49)53)85(89)87(79)91-83(75)84-76(66)70(62)80-72(58)78-68(60)74(64(54)63)82(81)90(99)86(78)88(80)92(84)100(91,98)99/h5-8H,3-4,9-25H2,1-2H3. The Morgan fingerprint density at radius 3 is 0.712 bits per heavy atom. The first-order valence-corrected chi connectivity index (χ1v) is 42.0. The second kappa shape index (κ2) is 16.7. The zero-order chi connectivity index (χ0) is 76.1. The molecule has 37 rings (SSSR count). The number of ketones is 2. The van der Waals surface area contributed by atoms with Crippen molar-refractivity contribution >= 4 is 349 Å². The van der Waals surface area contributed by atoms with Gasteiger partial charge in [0.2, 0.25) is 0 Å². The van der Waals surface area contributed by atoms with Crippen LogP contribution in [-0.2, 0) is 67.9 Å². The second-order valence-electron chi connectivity index (χ2n) is 36.4. The van der Waals surface area contributed by atoms with Crippen molar-refractivity contribution in [1.29, 1.82) is 0 Å². The number of ether oxygens (including phenoxy) is 8. The predicted octanol–water partition coefficient (Wildman–Crippen LogP) is 17.9. The molecule has 0 saturated heterocycles.